The van der Waals surface area contributed by atoms with Gasteiger partial charge in [-0.25, -0.2) is 0 Å². The van der Waals surface area contributed by atoms with Crippen molar-refractivity contribution in [2.24, 2.45) is 0 Å². The lowest BCUT2D eigenvalue weighted by Crippen LogP contribution is -2.34. The maximum absolute atomic E-state index is 12.3. The van der Waals surface area contributed by atoms with Gasteiger partial charge in [-0.3, -0.25) is 9.59 Å². The number of aryl methyl sites for hydroxylation is 2. The van der Waals surface area contributed by atoms with Crippen LogP contribution in [0.2, 0.25) is 0 Å². The summed E-state index contributed by atoms with van der Waals surface area (Å²) in [5, 5.41) is 3.67. The van der Waals surface area contributed by atoms with Crippen molar-refractivity contribution in [1.82, 2.24) is 0 Å². The standard InChI is InChI=1S/C17H16BrNO2.C9H9NO.C8H8Br2O/c1-21-15-9-12(8-14(18)10-15)11-19-16-5-3-2-4-13(16)6-7-17(19)20;11-9-6-5-7-3-1-2-4-8(7)10-9;1-11-8-3-6(5-9)2-7(10)4-8/h2-5,8-10H,6-7,11H2,1H3;1-4H,5-6H2,(H,10,11);2-4H,5H2,1H3. The summed E-state index contributed by atoms with van der Waals surface area (Å²) in [5.41, 5.74) is 6.73. The summed E-state index contributed by atoms with van der Waals surface area (Å²) < 4.78 is 12.4. The first-order chi connectivity index (χ1) is 20.8. The summed E-state index contributed by atoms with van der Waals surface area (Å²) in [6.07, 6.45) is 2.90. The molecule has 0 aliphatic carbocycles. The fraction of sp³-hybridized carbons (Fsp3) is 0.235. The second kappa shape index (κ2) is 16.1. The van der Waals surface area contributed by atoms with Gasteiger partial charge in [-0.2, -0.15) is 0 Å². The van der Waals surface area contributed by atoms with E-state index in [9.17, 15) is 9.59 Å². The van der Waals surface area contributed by atoms with Gasteiger partial charge in [0.1, 0.15) is 11.5 Å². The smallest absolute Gasteiger partial charge is 0.227 e. The zero-order valence-electron chi connectivity index (χ0n) is 24.0. The minimum atomic E-state index is 0.128. The Bertz CT molecular complexity index is 1560. The van der Waals surface area contributed by atoms with Crippen molar-refractivity contribution >= 4 is 71.0 Å². The van der Waals surface area contributed by atoms with E-state index in [0.29, 0.717) is 19.4 Å². The van der Waals surface area contributed by atoms with Crippen molar-refractivity contribution < 1.29 is 19.1 Å². The van der Waals surface area contributed by atoms with Crippen molar-refractivity contribution in [2.75, 3.05) is 24.4 Å². The first-order valence-corrected chi connectivity index (χ1v) is 16.5. The van der Waals surface area contributed by atoms with Gasteiger partial charge in [0.2, 0.25) is 11.8 Å². The zero-order valence-corrected chi connectivity index (χ0v) is 28.8. The van der Waals surface area contributed by atoms with E-state index in [1.165, 1.54) is 16.7 Å². The van der Waals surface area contributed by atoms with Crippen LogP contribution in [0.1, 0.15) is 35.1 Å². The van der Waals surface area contributed by atoms with E-state index in [1.54, 1.807) is 14.2 Å². The molecule has 4 aromatic carbocycles. The lowest BCUT2D eigenvalue weighted by atomic mass is 10.0. The molecule has 0 atom stereocenters. The second-order valence-corrected chi connectivity index (χ2v) is 12.3. The third kappa shape index (κ3) is 9.42. The van der Waals surface area contributed by atoms with Crippen LogP contribution in [0.4, 0.5) is 11.4 Å². The molecule has 0 unspecified atom stereocenters. The molecule has 0 bridgehead atoms. The van der Waals surface area contributed by atoms with Crippen LogP contribution in [0.5, 0.6) is 11.5 Å². The molecule has 2 aliphatic heterocycles. The quantitative estimate of drug-likeness (QED) is 0.206. The van der Waals surface area contributed by atoms with Crippen molar-refractivity contribution in [1.29, 1.82) is 0 Å². The lowest BCUT2D eigenvalue weighted by molar-refractivity contribution is -0.119. The maximum Gasteiger partial charge on any atom is 0.227 e. The molecule has 1 N–H and O–H groups in total. The minimum Gasteiger partial charge on any atom is -0.497 e. The zero-order chi connectivity index (χ0) is 30.8. The predicted octanol–water partition coefficient (Wildman–Crippen LogP) is 8.86. The Balaban J connectivity index is 0.000000162. The van der Waals surface area contributed by atoms with Crippen molar-refractivity contribution in [3.05, 3.63) is 116 Å². The van der Waals surface area contributed by atoms with Crippen LogP contribution < -0.4 is 19.7 Å². The number of methoxy groups -OCH3 is 2. The molecule has 224 valence electrons. The molecule has 2 heterocycles. The van der Waals surface area contributed by atoms with Gasteiger partial charge >= 0.3 is 0 Å². The molecule has 6 nitrogen and oxygen atoms in total. The molecule has 0 aromatic heterocycles. The molecule has 2 aliphatic rings. The summed E-state index contributed by atoms with van der Waals surface area (Å²) in [6, 6.07) is 27.9. The van der Waals surface area contributed by atoms with Gasteiger partial charge < -0.3 is 19.7 Å². The number of para-hydroxylation sites is 2. The van der Waals surface area contributed by atoms with E-state index < -0.39 is 0 Å². The number of benzene rings is 4. The van der Waals surface area contributed by atoms with Gasteiger partial charge in [-0.15, -0.1) is 0 Å². The van der Waals surface area contributed by atoms with Gasteiger partial charge in [-0.1, -0.05) is 84.2 Å². The maximum atomic E-state index is 12.3. The average Bonchev–Trinajstić information content (AvgIpc) is 3.02. The van der Waals surface area contributed by atoms with Crippen LogP contribution in [-0.2, 0) is 34.3 Å². The highest BCUT2D eigenvalue weighted by Crippen LogP contribution is 2.30. The summed E-state index contributed by atoms with van der Waals surface area (Å²) in [6.45, 7) is 0.561. The molecule has 4 aromatic rings. The molecule has 0 radical (unpaired) electrons. The van der Waals surface area contributed by atoms with Crippen LogP contribution in [0, 0.1) is 0 Å². The lowest BCUT2D eigenvalue weighted by Gasteiger charge is -2.29. The predicted molar refractivity (Wildman–Crippen MR) is 183 cm³/mol. The number of hydrogen-bond acceptors (Lipinski definition) is 4. The number of anilines is 2. The number of halogens is 3. The van der Waals surface area contributed by atoms with Gasteiger partial charge in [0.05, 0.1) is 20.8 Å². The number of carbonyl (C=O) groups excluding carboxylic acids is 2. The van der Waals surface area contributed by atoms with E-state index in [0.717, 1.165) is 55.6 Å². The SMILES string of the molecule is COc1cc(Br)cc(CBr)c1.COc1cc(Br)cc(CN2C(=O)CCc3ccccc32)c1.O=C1CCc2ccccc2N1. The molecule has 0 saturated heterocycles. The number of hydrogen-bond donors (Lipinski definition) is 1. The van der Waals surface area contributed by atoms with E-state index >= 15 is 0 Å². The number of fused-ring (bicyclic) bond motifs is 2. The van der Waals surface area contributed by atoms with E-state index in [2.05, 4.69) is 71.3 Å². The molecule has 43 heavy (non-hydrogen) atoms. The van der Waals surface area contributed by atoms with Crippen molar-refractivity contribution in [2.45, 2.75) is 37.6 Å². The molecular weight excluding hydrogens is 740 g/mol. The molecule has 9 heteroatoms. The molecular formula is C34H33Br3N2O4. The summed E-state index contributed by atoms with van der Waals surface area (Å²) in [5.74, 6) is 1.97. The van der Waals surface area contributed by atoms with Crippen molar-refractivity contribution in [3.8, 4) is 11.5 Å². The van der Waals surface area contributed by atoms with Crippen LogP contribution in [-0.4, -0.2) is 26.0 Å². The minimum absolute atomic E-state index is 0.128. The molecule has 0 saturated carbocycles. The highest BCUT2D eigenvalue weighted by Gasteiger charge is 2.24. The van der Waals surface area contributed by atoms with Crippen molar-refractivity contribution in [3.63, 3.8) is 0 Å². The summed E-state index contributed by atoms with van der Waals surface area (Å²) in [7, 11) is 3.31. The Kier molecular flexibility index (Phi) is 12.3. The third-order valence-corrected chi connectivity index (χ3v) is 8.50. The number of amides is 2. The van der Waals surface area contributed by atoms with E-state index in [1.807, 2.05) is 71.6 Å². The first-order valence-electron chi connectivity index (χ1n) is 13.8. The Morgan fingerprint density at radius 3 is 1.98 bits per heavy atom. The number of ether oxygens (including phenoxy) is 2. The Hall–Kier alpha value is -3.14. The van der Waals surface area contributed by atoms with Crippen LogP contribution in [0.25, 0.3) is 0 Å². The first kappa shape index (κ1) is 32.8. The van der Waals surface area contributed by atoms with E-state index in [4.69, 9.17) is 9.47 Å². The van der Waals surface area contributed by atoms with Gasteiger partial charge in [0.25, 0.3) is 0 Å². The highest BCUT2D eigenvalue weighted by molar-refractivity contribution is 9.10. The fourth-order valence-electron chi connectivity index (χ4n) is 4.82. The number of nitrogens with one attached hydrogen (secondary N) is 1. The van der Waals surface area contributed by atoms with Gasteiger partial charge in [0, 0.05) is 38.5 Å². The molecule has 0 fully saturated rings. The Labute approximate surface area is 278 Å². The van der Waals surface area contributed by atoms with Crippen LogP contribution >= 0.6 is 47.8 Å². The van der Waals surface area contributed by atoms with Gasteiger partial charge in [-0.05, 0) is 83.6 Å². The number of carbonyl (C=O) groups is 2. The number of nitrogens with zero attached hydrogens (tertiary/aromatic N) is 1. The van der Waals surface area contributed by atoms with E-state index in [-0.39, 0.29) is 11.8 Å². The number of alkyl halides is 1. The third-order valence-electron chi connectivity index (χ3n) is 6.93. The monoisotopic (exact) mass is 770 g/mol. The molecule has 0 spiro atoms. The molecule has 2 amide bonds. The van der Waals surface area contributed by atoms with Gasteiger partial charge in [0.15, 0.2) is 0 Å². The Morgan fingerprint density at radius 1 is 0.721 bits per heavy atom. The highest BCUT2D eigenvalue weighted by atomic mass is 79.9. The summed E-state index contributed by atoms with van der Waals surface area (Å²) >= 11 is 10.3. The van der Waals surface area contributed by atoms with Crippen LogP contribution in [0.3, 0.4) is 0 Å². The number of rotatable bonds is 5. The average molecular weight is 773 g/mol. The Morgan fingerprint density at radius 2 is 1.30 bits per heavy atom. The molecule has 6 rings (SSSR count). The normalized spacial score (nSPS) is 13.3. The topological polar surface area (TPSA) is 67.9 Å². The summed E-state index contributed by atoms with van der Waals surface area (Å²) in [4.78, 5) is 25.1. The second-order valence-electron chi connectivity index (χ2n) is 9.95. The fourth-order valence-corrected chi connectivity index (χ4v) is 6.18. The largest absolute Gasteiger partial charge is 0.497 e. The van der Waals surface area contributed by atoms with Crippen LogP contribution in [0.15, 0.2) is 93.9 Å².